The Kier molecular flexibility index (Phi) is 2.56. The van der Waals surface area contributed by atoms with Crippen molar-refractivity contribution >= 4 is 34.2 Å². The molecule has 13 heavy (non-hydrogen) atoms. The van der Waals surface area contributed by atoms with Crippen molar-refractivity contribution in [2.45, 2.75) is 11.7 Å². The lowest BCUT2D eigenvalue weighted by Crippen LogP contribution is -1.95. The van der Waals surface area contributed by atoms with E-state index in [1.807, 2.05) is 18.2 Å². The Bertz CT molecular complexity index is 373. The van der Waals surface area contributed by atoms with E-state index < -0.39 is 0 Å². The standard InChI is InChI=1S/C10H10NS2/c1-7(12)6-10-11-8-4-2-3-5-9(8)13-10/h2-5,7,12H,1,6H2. The van der Waals surface area contributed by atoms with Crippen LogP contribution in [0.3, 0.4) is 0 Å². The van der Waals surface area contributed by atoms with E-state index in [0.29, 0.717) is 0 Å². The fourth-order valence-corrected chi connectivity index (χ4v) is 2.55. The number of hydrogen-bond acceptors (Lipinski definition) is 3. The summed E-state index contributed by atoms with van der Waals surface area (Å²) < 4.78 is 1.24. The zero-order valence-electron chi connectivity index (χ0n) is 7.10. The van der Waals surface area contributed by atoms with Crippen LogP contribution >= 0.6 is 24.0 Å². The Labute approximate surface area is 87.2 Å². The van der Waals surface area contributed by atoms with E-state index in [9.17, 15) is 0 Å². The molecule has 2 rings (SSSR count). The first-order chi connectivity index (χ1) is 6.25. The van der Waals surface area contributed by atoms with Crippen LogP contribution in [0, 0.1) is 6.92 Å². The van der Waals surface area contributed by atoms with Gasteiger partial charge in [-0.2, -0.15) is 12.6 Å². The van der Waals surface area contributed by atoms with E-state index in [2.05, 4.69) is 30.6 Å². The average molecular weight is 208 g/mol. The Morgan fingerprint density at radius 2 is 2.23 bits per heavy atom. The molecule has 0 amide bonds. The molecule has 1 radical (unpaired) electrons. The molecule has 0 spiro atoms. The smallest absolute Gasteiger partial charge is 0.0949 e. The number of benzene rings is 1. The summed E-state index contributed by atoms with van der Waals surface area (Å²) in [6, 6.07) is 8.17. The third-order valence-electron chi connectivity index (χ3n) is 1.75. The highest BCUT2D eigenvalue weighted by atomic mass is 32.1. The first-order valence-corrected chi connectivity index (χ1v) is 5.44. The first kappa shape index (κ1) is 9.03. The minimum absolute atomic E-state index is 0.139. The molecule has 0 bridgehead atoms. The summed E-state index contributed by atoms with van der Waals surface area (Å²) in [7, 11) is 0. The van der Waals surface area contributed by atoms with Gasteiger partial charge in [-0.3, -0.25) is 0 Å². The van der Waals surface area contributed by atoms with Crippen molar-refractivity contribution in [2.24, 2.45) is 0 Å². The van der Waals surface area contributed by atoms with Gasteiger partial charge in [0.1, 0.15) is 0 Å². The van der Waals surface area contributed by atoms with Crippen molar-refractivity contribution in [1.82, 2.24) is 4.98 Å². The van der Waals surface area contributed by atoms with Gasteiger partial charge in [-0.05, 0) is 19.1 Å². The number of hydrogen-bond donors (Lipinski definition) is 1. The average Bonchev–Trinajstić information content (AvgIpc) is 2.44. The van der Waals surface area contributed by atoms with Crippen LogP contribution in [0.4, 0.5) is 0 Å². The lowest BCUT2D eigenvalue weighted by atomic mass is 10.3. The van der Waals surface area contributed by atoms with E-state index >= 15 is 0 Å². The maximum atomic E-state index is 4.48. The van der Waals surface area contributed by atoms with Gasteiger partial charge in [-0.25, -0.2) is 4.98 Å². The summed E-state index contributed by atoms with van der Waals surface area (Å²) in [5.74, 6) is 0. The van der Waals surface area contributed by atoms with Crippen LogP contribution in [-0.2, 0) is 6.42 Å². The molecule has 67 valence electrons. The third-order valence-corrected chi connectivity index (χ3v) is 2.99. The highest BCUT2D eigenvalue weighted by Gasteiger charge is 2.04. The molecule has 0 aliphatic carbocycles. The highest BCUT2D eigenvalue weighted by Crippen LogP contribution is 2.22. The van der Waals surface area contributed by atoms with Crippen molar-refractivity contribution < 1.29 is 0 Å². The van der Waals surface area contributed by atoms with Gasteiger partial charge in [0.2, 0.25) is 0 Å². The Morgan fingerprint density at radius 3 is 2.92 bits per heavy atom. The van der Waals surface area contributed by atoms with Gasteiger partial charge < -0.3 is 0 Å². The van der Waals surface area contributed by atoms with Gasteiger partial charge in [-0.15, -0.1) is 11.3 Å². The molecular weight excluding hydrogens is 198 g/mol. The SMILES string of the molecule is [CH2]C(S)Cc1nc2ccccc2s1. The summed E-state index contributed by atoms with van der Waals surface area (Å²) in [6.45, 7) is 3.83. The maximum absolute atomic E-state index is 4.48. The molecule has 1 unspecified atom stereocenters. The number of para-hydroxylation sites is 1. The van der Waals surface area contributed by atoms with Crippen LogP contribution in [0.5, 0.6) is 0 Å². The van der Waals surface area contributed by atoms with Crippen LogP contribution in [-0.4, -0.2) is 10.2 Å². The second-order valence-corrected chi connectivity index (χ2v) is 4.78. The van der Waals surface area contributed by atoms with Crippen LogP contribution in [0.25, 0.3) is 10.2 Å². The van der Waals surface area contributed by atoms with Crippen molar-refractivity contribution in [3.63, 3.8) is 0 Å². The van der Waals surface area contributed by atoms with Gasteiger partial charge in [-0.1, -0.05) is 12.1 Å². The van der Waals surface area contributed by atoms with Crippen LogP contribution in [0.15, 0.2) is 24.3 Å². The topological polar surface area (TPSA) is 12.9 Å². The van der Waals surface area contributed by atoms with E-state index in [4.69, 9.17) is 0 Å². The minimum Gasteiger partial charge on any atom is -0.241 e. The molecule has 0 N–H and O–H groups in total. The lowest BCUT2D eigenvalue weighted by Gasteiger charge is -1.96. The molecule has 1 heterocycles. The first-order valence-electron chi connectivity index (χ1n) is 4.11. The molecule has 2 aromatic rings. The van der Waals surface area contributed by atoms with Crippen molar-refractivity contribution in [3.05, 3.63) is 36.2 Å². The Balaban J connectivity index is 2.38. The fourth-order valence-electron chi connectivity index (χ4n) is 1.21. The normalized spacial score (nSPS) is 13.4. The number of thiol groups is 1. The largest absolute Gasteiger partial charge is 0.241 e. The summed E-state index contributed by atoms with van der Waals surface area (Å²) in [5, 5.41) is 1.26. The van der Waals surface area contributed by atoms with Crippen molar-refractivity contribution in [1.29, 1.82) is 0 Å². The van der Waals surface area contributed by atoms with Crippen molar-refractivity contribution in [2.75, 3.05) is 0 Å². The molecule has 0 fully saturated rings. The summed E-state index contributed by atoms with van der Waals surface area (Å²) in [4.78, 5) is 4.48. The summed E-state index contributed by atoms with van der Waals surface area (Å²) in [6.07, 6.45) is 0.850. The summed E-state index contributed by atoms with van der Waals surface area (Å²) in [5.41, 5.74) is 1.08. The van der Waals surface area contributed by atoms with Crippen LogP contribution in [0.2, 0.25) is 0 Å². The number of fused-ring (bicyclic) bond motifs is 1. The van der Waals surface area contributed by atoms with Gasteiger partial charge in [0, 0.05) is 11.7 Å². The minimum atomic E-state index is 0.139. The number of thiazole rings is 1. The second kappa shape index (κ2) is 3.68. The molecule has 1 nitrogen and oxygen atoms in total. The second-order valence-electron chi connectivity index (χ2n) is 2.93. The van der Waals surface area contributed by atoms with Gasteiger partial charge in [0.25, 0.3) is 0 Å². The van der Waals surface area contributed by atoms with Gasteiger partial charge in [0.15, 0.2) is 0 Å². The molecule has 3 heteroatoms. The van der Waals surface area contributed by atoms with Crippen LogP contribution < -0.4 is 0 Å². The molecule has 1 aromatic heterocycles. The quantitative estimate of drug-likeness (QED) is 0.749. The number of nitrogens with zero attached hydrogens (tertiary/aromatic N) is 1. The van der Waals surface area contributed by atoms with E-state index in [0.717, 1.165) is 16.9 Å². The molecule has 1 aromatic carbocycles. The zero-order valence-corrected chi connectivity index (χ0v) is 8.81. The van der Waals surface area contributed by atoms with Gasteiger partial charge in [0.05, 0.1) is 15.2 Å². The Morgan fingerprint density at radius 1 is 1.46 bits per heavy atom. The monoisotopic (exact) mass is 208 g/mol. The maximum Gasteiger partial charge on any atom is 0.0949 e. The molecular formula is C10H10NS2. The number of rotatable bonds is 2. The van der Waals surface area contributed by atoms with Crippen LogP contribution in [0.1, 0.15) is 5.01 Å². The van der Waals surface area contributed by atoms with E-state index in [1.165, 1.54) is 4.70 Å². The predicted molar refractivity (Wildman–Crippen MR) is 61.5 cm³/mol. The number of aromatic nitrogens is 1. The van der Waals surface area contributed by atoms with Crippen molar-refractivity contribution in [3.8, 4) is 0 Å². The zero-order chi connectivity index (χ0) is 9.26. The molecule has 0 aliphatic rings. The van der Waals surface area contributed by atoms with E-state index in [-0.39, 0.29) is 5.25 Å². The lowest BCUT2D eigenvalue weighted by molar-refractivity contribution is 1.01. The molecule has 0 saturated carbocycles. The summed E-state index contributed by atoms with van der Waals surface area (Å²) >= 11 is 5.97. The van der Waals surface area contributed by atoms with Gasteiger partial charge >= 0.3 is 0 Å². The Hall–Kier alpha value is -0.540. The van der Waals surface area contributed by atoms with E-state index in [1.54, 1.807) is 11.3 Å². The molecule has 0 aliphatic heterocycles. The molecule has 0 saturated heterocycles. The third kappa shape index (κ3) is 2.03. The highest BCUT2D eigenvalue weighted by molar-refractivity contribution is 7.81. The fraction of sp³-hybridized carbons (Fsp3) is 0.200. The molecule has 1 atom stereocenters. The predicted octanol–water partition coefficient (Wildman–Crippen LogP) is 2.97.